The van der Waals surface area contributed by atoms with Gasteiger partial charge in [-0.2, -0.15) is 0 Å². The van der Waals surface area contributed by atoms with Gasteiger partial charge in [0.15, 0.2) is 10.2 Å². The Morgan fingerprint density at radius 3 is 2.75 bits per heavy atom. The van der Waals surface area contributed by atoms with E-state index in [4.69, 9.17) is 10.9 Å². The van der Waals surface area contributed by atoms with Crippen molar-refractivity contribution in [3.05, 3.63) is 29.3 Å². The highest BCUT2D eigenvalue weighted by Gasteiger charge is 2.14. The standard InChI is InChI=1S/C12H15N5OS2/c1-7-5-4-6-8(10(13)16-18)9(7)19-12-15-14-11(20-12)17(2)3/h4-6,18H,1-3H3,(H2,13,16). The molecule has 0 fully saturated rings. The summed E-state index contributed by atoms with van der Waals surface area (Å²) in [5.41, 5.74) is 7.45. The molecule has 8 heteroatoms. The monoisotopic (exact) mass is 309 g/mol. The van der Waals surface area contributed by atoms with Crippen LogP contribution in [-0.2, 0) is 0 Å². The number of benzene rings is 1. The molecule has 0 aliphatic heterocycles. The quantitative estimate of drug-likeness (QED) is 0.389. The van der Waals surface area contributed by atoms with Crippen molar-refractivity contribution in [2.75, 3.05) is 19.0 Å². The van der Waals surface area contributed by atoms with Crippen LogP contribution in [0.15, 0.2) is 32.6 Å². The molecule has 0 aliphatic rings. The average molecular weight is 309 g/mol. The largest absolute Gasteiger partial charge is 0.409 e. The lowest BCUT2D eigenvalue weighted by Crippen LogP contribution is -2.14. The molecule has 20 heavy (non-hydrogen) atoms. The molecule has 0 amide bonds. The number of hydrogen-bond acceptors (Lipinski definition) is 7. The van der Waals surface area contributed by atoms with Crippen LogP contribution in [0, 0.1) is 6.92 Å². The third-order valence-electron chi connectivity index (χ3n) is 2.56. The molecule has 106 valence electrons. The van der Waals surface area contributed by atoms with Crippen LogP contribution in [0.2, 0.25) is 0 Å². The van der Waals surface area contributed by atoms with Gasteiger partial charge in [-0.15, -0.1) is 10.2 Å². The van der Waals surface area contributed by atoms with Crippen molar-refractivity contribution in [3.63, 3.8) is 0 Å². The van der Waals surface area contributed by atoms with Gasteiger partial charge < -0.3 is 15.8 Å². The van der Waals surface area contributed by atoms with Gasteiger partial charge in [0.1, 0.15) is 0 Å². The van der Waals surface area contributed by atoms with Crippen molar-refractivity contribution in [1.82, 2.24) is 10.2 Å². The van der Waals surface area contributed by atoms with Gasteiger partial charge in [0.05, 0.1) is 0 Å². The van der Waals surface area contributed by atoms with E-state index in [2.05, 4.69) is 15.4 Å². The van der Waals surface area contributed by atoms with Crippen molar-refractivity contribution in [1.29, 1.82) is 0 Å². The van der Waals surface area contributed by atoms with Crippen LogP contribution in [0.1, 0.15) is 11.1 Å². The molecule has 0 aliphatic carbocycles. The summed E-state index contributed by atoms with van der Waals surface area (Å²) in [4.78, 5) is 2.83. The lowest BCUT2D eigenvalue weighted by atomic mass is 10.1. The van der Waals surface area contributed by atoms with Crippen LogP contribution in [0.4, 0.5) is 5.13 Å². The molecule has 0 atom stereocenters. The first kappa shape index (κ1) is 14.6. The van der Waals surface area contributed by atoms with Crippen LogP contribution in [-0.4, -0.2) is 35.3 Å². The Hall–Kier alpha value is -1.80. The first-order valence-electron chi connectivity index (χ1n) is 5.79. The Kier molecular flexibility index (Phi) is 4.46. The maximum atomic E-state index is 8.87. The number of rotatable bonds is 4. The summed E-state index contributed by atoms with van der Waals surface area (Å²) in [6.45, 7) is 1.98. The van der Waals surface area contributed by atoms with Crippen molar-refractivity contribution in [3.8, 4) is 0 Å². The van der Waals surface area contributed by atoms with Gasteiger partial charge in [0.2, 0.25) is 5.13 Å². The second-order valence-electron chi connectivity index (χ2n) is 4.28. The van der Waals surface area contributed by atoms with Gasteiger partial charge in [-0.3, -0.25) is 0 Å². The second-order valence-corrected chi connectivity index (χ2v) is 6.50. The predicted molar refractivity (Wildman–Crippen MR) is 82.0 cm³/mol. The summed E-state index contributed by atoms with van der Waals surface area (Å²) in [6.07, 6.45) is 0. The minimum absolute atomic E-state index is 0.0912. The smallest absolute Gasteiger partial charge is 0.208 e. The Morgan fingerprint density at radius 2 is 2.15 bits per heavy atom. The van der Waals surface area contributed by atoms with Crippen LogP contribution in [0.25, 0.3) is 0 Å². The molecule has 0 spiro atoms. The highest BCUT2D eigenvalue weighted by molar-refractivity contribution is 8.01. The molecule has 2 rings (SSSR count). The number of aryl methyl sites for hydroxylation is 1. The maximum absolute atomic E-state index is 8.87. The van der Waals surface area contributed by atoms with E-state index in [0.717, 1.165) is 19.9 Å². The molecule has 0 bridgehead atoms. The van der Waals surface area contributed by atoms with Crippen LogP contribution < -0.4 is 10.6 Å². The number of hydrogen-bond donors (Lipinski definition) is 2. The van der Waals surface area contributed by atoms with E-state index in [0.29, 0.717) is 5.56 Å². The predicted octanol–water partition coefficient (Wildman–Crippen LogP) is 2.16. The third kappa shape index (κ3) is 3.02. The molecule has 1 heterocycles. The summed E-state index contributed by atoms with van der Waals surface area (Å²) >= 11 is 2.97. The van der Waals surface area contributed by atoms with E-state index in [9.17, 15) is 0 Å². The van der Waals surface area contributed by atoms with Crippen molar-refractivity contribution >= 4 is 34.1 Å². The molecule has 3 N–H and O–H groups in total. The summed E-state index contributed by atoms with van der Waals surface area (Å²) < 4.78 is 0.815. The van der Waals surface area contributed by atoms with E-state index < -0.39 is 0 Å². The molecule has 1 aromatic heterocycles. The van der Waals surface area contributed by atoms with Crippen molar-refractivity contribution in [2.24, 2.45) is 10.9 Å². The van der Waals surface area contributed by atoms with Gasteiger partial charge in [-0.25, -0.2) is 0 Å². The molecule has 1 aromatic carbocycles. The first-order chi connectivity index (χ1) is 9.52. The molecule has 6 nitrogen and oxygen atoms in total. The summed E-state index contributed by atoms with van der Waals surface area (Å²) in [6, 6.07) is 5.67. The number of anilines is 1. The van der Waals surface area contributed by atoms with Crippen molar-refractivity contribution < 1.29 is 5.21 Å². The molecule has 0 unspecified atom stereocenters. The molecular formula is C12H15N5OS2. The fraction of sp³-hybridized carbons (Fsp3) is 0.250. The number of nitrogens with two attached hydrogens (primary N) is 1. The number of aromatic nitrogens is 2. The first-order valence-corrected chi connectivity index (χ1v) is 7.42. The lowest BCUT2D eigenvalue weighted by Gasteiger charge is -2.09. The van der Waals surface area contributed by atoms with Gasteiger partial charge in [-0.1, -0.05) is 40.4 Å². The number of oxime groups is 1. The highest BCUT2D eigenvalue weighted by Crippen LogP contribution is 2.36. The lowest BCUT2D eigenvalue weighted by molar-refractivity contribution is 0.318. The Labute approximate surface area is 125 Å². The number of nitrogens with zero attached hydrogens (tertiary/aromatic N) is 4. The topological polar surface area (TPSA) is 87.6 Å². The van der Waals surface area contributed by atoms with Gasteiger partial charge >= 0.3 is 0 Å². The minimum Gasteiger partial charge on any atom is -0.409 e. The maximum Gasteiger partial charge on any atom is 0.208 e. The van der Waals surface area contributed by atoms with E-state index >= 15 is 0 Å². The zero-order valence-corrected chi connectivity index (χ0v) is 13.0. The van der Waals surface area contributed by atoms with Gasteiger partial charge in [-0.05, 0) is 18.6 Å². The Balaban J connectivity index is 2.37. The summed E-state index contributed by atoms with van der Waals surface area (Å²) in [7, 11) is 3.84. The highest BCUT2D eigenvalue weighted by atomic mass is 32.2. The third-order valence-corrected chi connectivity index (χ3v) is 4.95. The normalized spacial score (nSPS) is 11.7. The molecule has 0 saturated heterocycles. The molecule has 0 saturated carbocycles. The molecular weight excluding hydrogens is 294 g/mol. The Bertz CT molecular complexity index is 639. The van der Waals surface area contributed by atoms with Gasteiger partial charge in [0.25, 0.3) is 0 Å². The van der Waals surface area contributed by atoms with E-state index in [1.807, 2.05) is 44.1 Å². The summed E-state index contributed by atoms with van der Waals surface area (Å²) in [5, 5.41) is 21.0. The second kappa shape index (κ2) is 6.10. The van der Waals surface area contributed by atoms with Crippen LogP contribution in [0.3, 0.4) is 0 Å². The van der Waals surface area contributed by atoms with E-state index in [1.165, 1.54) is 23.1 Å². The Morgan fingerprint density at radius 1 is 1.40 bits per heavy atom. The zero-order valence-electron chi connectivity index (χ0n) is 11.4. The number of amidine groups is 1. The minimum atomic E-state index is 0.0912. The zero-order chi connectivity index (χ0) is 14.7. The average Bonchev–Trinajstić information content (AvgIpc) is 2.89. The van der Waals surface area contributed by atoms with E-state index in [1.54, 1.807) is 0 Å². The van der Waals surface area contributed by atoms with Gasteiger partial charge in [0, 0.05) is 24.6 Å². The molecule has 0 radical (unpaired) electrons. The fourth-order valence-corrected chi connectivity index (χ4v) is 3.47. The fourth-order valence-electron chi connectivity index (χ4n) is 1.56. The summed E-state index contributed by atoms with van der Waals surface area (Å²) in [5.74, 6) is 0.0912. The molecule has 2 aromatic rings. The van der Waals surface area contributed by atoms with Crippen molar-refractivity contribution in [2.45, 2.75) is 16.2 Å². The van der Waals surface area contributed by atoms with Crippen LogP contribution in [0.5, 0.6) is 0 Å². The SMILES string of the molecule is Cc1cccc(/C(N)=N/O)c1Sc1nnc(N(C)C)s1. The van der Waals surface area contributed by atoms with E-state index in [-0.39, 0.29) is 5.84 Å². The van der Waals surface area contributed by atoms with Crippen LogP contribution >= 0.6 is 23.1 Å².